The molecule has 7 nitrogen and oxygen atoms in total. The molecular weight excluding hydrogens is 409 g/mol. The number of nitrogens with two attached hydrogens (primary N) is 1. The van der Waals surface area contributed by atoms with Crippen LogP contribution >= 0.6 is 0 Å². The lowest BCUT2D eigenvalue weighted by Gasteiger charge is -2.27. The van der Waals surface area contributed by atoms with Gasteiger partial charge in [0.25, 0.3) is 0 Å². The molecule has 162 valence electrons. The Bertz CT molecular complexity index is 1210. The van der Waals surface area contributed by atoms with Gasteiger partial charge in [0.1, 0.15) is 17.1 Å². The van der Waals surface area contributed by atoms with Gasteiger partial charge in [-0.25, -0.2) is 4.98 Å². The standard InChI is InChI=1S/C21H21F3N6O/c22-21(23,24)15-7-13(9-29-19(15)26)12-3-6-16-17(8-12)30(18(25)10-28-16)20(27)11-1-4-14(31)5-2-11/h3,6-11,14,25,27,31H,1-2,4-5H2,(H2,26,29). The van der Waals surface area contributed by atoms with Crippen molar-refractivity contribution in [2.75, 3.05) is 5.73 Å². The molecule has 3 aromatic rings. The van der Waals surface area contributed by atoms with Gasteiger partial charge in [-0.1, -0.05) is 6.07 Å². The summed E-state index contributed by atoms with van der Waals surface area (Å²) in [6, 6.07) is 5.82. The molecule has 10 heteroatoms. The summed E-state index contributed by atoms with van der Waals surface area (Å²) in [6.45, 7) is 0. The number of halogens is 3. The van der Waals surface area contributed by atoms with Crippen LogP contribution in [0, 0.1) is 16.7 Å². The summed E-state index contributed by atoms with van der Waals surface area (Å²) in [7, 11) is 0. The van der Waals surface area contributed by atoms with Crippen LogP contribution < -0.4 is 11.2 Å². The summed E-state index contributed by atoms with van der Waals surface area (Å²) in [4.78, 5) is 7.92. The Morgan fingerprint density at radius 2 is 1.77 bits per heavy atom. The molecular formula is C21H21F3N6O. The van der Waals surface area contributed by atoms with E-state index in [9.17, 15) is 18.3 Å². The van der Waals surface area contributed by atoms with Crippen LogP contribution in [0.1, 0.15) is 31.2 Å². The number of rotatable bonds is 2. The van der Waals surface area contributed by atoms with Crippen molar-refractivity contribution in [3.63, 3.8) is 0 Å². The number of nitrogens with zero attached hydrogens (tertiary/aromatic N) is 3. The number of pyridine rings is 1. The molecule has 0 saturated heterocycles. The minimum absolute atomic E-state index is 0.00665. The van der Waals surface area contributed by atoms with Crippen LogP contribution in [0.25, 0.3) is 22.2 Å². The van der Waals surface area contributed by atoms with E-state index in [-0.39, 0.29) is 28.9 Å². The van der Waals surface area contributed by atoms with E-state index >= 15 is 0 Å². The molecule has 0 spiro atoms. The number of benzene rings is 1. The lowest BCUT2D eigenvalue weighted by Crippen LogP contribution is -2.35. The molecule has 0 unspecified atom stereocenters. The Hall–Kier alpha value is -3.27. The second-order valence-corrected chi connectivity index (χ2v) is 7.73. The second kappa shape index (κ2) is 7.77. The second-order valence-electron chi connectivity index (χ2n) is 7.73. The van der Waals surface area contributed by atoms with Crippen LogP contribution in [0.5, 0.6) is 0 Å². The van der Waals surface area contributed by atoms with Gasteiger partial charge >= 0.3 is 6.18 Å². The Kier molecular flexibility index (Phi) is 5.26. The van der Waals surface area contributed by atoms with E-state index in [1.54, 1.807) is 18.2 Å². The number of aliphatic hydroxyl groups is 1. The van der Waals surface area contributed by atoms with Gasteiger partial charge in [-0.2, -0.15) is 13.2 Å². The molecule has 0 bridgehead atoms. The van der Waals surface area contributed by atoms with Gasteiger partial charge in [0.05, 0.1) is 28.9 Å². The highest BCUT2D eigenvalue weighted by atomic mass is 19.4. The first-order chi connectivity index (χ1) is 14.6. The highest BCUT2D eigenvalue weighted by Gasteiger charge is 2.34. The first-order valence-corrected chi connectivity index (χ1v) is 9.81. The van der Waals surface area contributed by atoms with Gasteiger partial charge in [0.15, 0.2) is 0 Å². The summed E-state index contributed by atoms with van der Waals surface area (Å²) in [5, 5.41) is 26.7. The summed E-state index contributed by atoms with van der Waals surface area (Å²) >= 11 is 0. The van der Waals surface area contributed by atoms with E-state index in [2.05, 4.69) is 9.97 Å². The SMILES string of the molecule is N=C(C1CCC(O)CC1)n1c(=N)cnc2ccc(-c3cnc(N)c(C(F)(F)F)c3)cc21. The number of anilines is 1. The van der Waals surface area contributed by atoms with Crippen molar-refractivity contribution >= 4 is 22.7 Å². The van der Waals surface area contributed by atoms with Crippen molar-refractivity contribution in [3.05, 3.63) is 47.7 Å². The van der Waals surface area contributed by atoms with Crippen LogP contribution in [-0.2, 0) is 6.18 Å². The largest absolute Gasteiger partial charge is 0.419 e. The fraction of sp³-hybridized carbons (Fsp3) is 0.333. The van der Waals surface area contributed by atoms with Crippen molar-refractivity contribution in [1.82, 2.24) is 14.5 Å². The molecule has 0 amide bonds. The normalized spacial score (nSPS) is 19.5. The Morgan fingerprint density at radius 1 is 1.06 bits per heavy atom. The van der Waals surface area contributed by atoms with Crippen LogP contribution in [0.3, 0.4) is 0 Å². The number of hydrogen-bond acceptors (Lipinski definition) is 6. The molecule has 2 aromatic heterocycles. The minimum Gasteiger partial charge on any atom is -0.393 e. The molecule has 1 aromatic carbocycles. The molecule has 0 radical (unpaired) electrons. The lowest BCUT2D eigenvalue weighted by molar-refractivity contribution is -0.137. The molecule has 5 N–H and O–H groups in total. The molecule has 1 aliphatic carbocycles. The summed E-state index contributed by atoms with van der Waals surface area (Å²) < 4.78 is 41.2. The molecule has 1 aliphatic rings. The van der Waals surface area contributed by atoms with Crippen LogP contribution in [0.4, 0.5) is 19.0 Å². The van der Waals surface area contributed by atoms with Crippen molar-refractivity contribution in [1.29, 1.82) is 10.8 Å². The minimum atomic E-state index is -4.63. The van der Waals surface area contributed by atoms with Crippen molar-refractivity contribution in [2.45, 2.75) is 38.0 Å². The number of fused-ring (bicyclic) bond motifs is 1. The maximum atomic E-state index is 13.2. The molecule has 0 aliphatic heterocycles. The van der Waals surface area contributed by atoms with Crippen LogP contribution in [0.2, 0.25) is 0 Å². The smallest absolute Gasteiger partial charge is 0.393 e. The number of aliphatic hydroxyl groups excluding tert-OH is 1. The van der Waals surface area contributed by atoms with Crippen LogP contribution in [-0.4, -0.2) is 31.6 Å². The molecule has 4 rings (SSSR count). The van der Waals surface area contributed by atoms with Crippen molar-refractivity contribution in [2.24, 2.45) is 5.92 Å². The number of nitrogen functional groups attached to an aromatic ring is 1. The molecule has 0 atom stereocenters. The van der Waals surface area contributed by atoms with E-state index < -0.39 is 17.6 Å². The molecule has 1 saturated carbocycles. The summed E-state index contributed by atoms with van der Waals surface area (Å²) in [5.74, 6) is -0.502. The lowest BCUT2D eigenvalue weighted by atomic mass is 9.86. The third-order valence-corrected chi connectivity index (χ3v) is 5.66. The number of hydrogen-bond donors (Lipinski definition) is 4. The Labute approximate surface area is 175 Å². The third-order valence-electron chi connectivity index (χ3n) is 5.66. The van der Waals surface area contributed by atoms with Gasteiger partial charge < -0.3 is 10.8 Å². The number of aromatic nitrogens is 3. The topological polar surface area (TPSA) is 125 Å². The third kappa shape index (κ3) is 4.02. The average molecular weight is 430 g/mol. The van der Waals surface area contributed by atoms with Crippen molar-refractivity contribution < 1.29 is 18.3 Å². The van der Waals surface area contributed by atoms with E-state index in [1.165, 1.54) is 17.0 Å². The monoisotopic (exact) mass is 430 g/mol. The zero-order valence-electron chi connectivity index (χ0n) is 16.4. The summed E-state index contributed by atoms with van der Waals surface area (Å²) in [5.41, 5.74) is 6.02. The average Bonchev–Trinajstić information content (AvgIpc) is 2.73. The predicted octanol–water partition coefficient (Wildman–Crippen LogP) is 3.56. The first-order valence-electron chi connectivity index (χ1n) is 9.81. The molecule has 1 fully saturated rings. The van der Waals surface area contributed by atoms with E-state index in [1.807, 2.05) is 0 Å². The molecule has 31 heavy (non-hydrogen) atoms. The fourth-order valence-corrected chi connectivity index (χ4v) is 3.96. The Balaban J connectivity index is 1.82. The molecule has 2 heterocycles. The predicted molar refractivity (Wildman–Crippen MR) is 109 cm³/mol. The van der Waals surface area contributed by atoms with Gasteiger partial charge in [-0.05, 0) is 49.4 Å². The fourth-order valence-electron chi connectivity index (χ4n) is 3.96. The van der Waals surface area contributed by atoms with Gasteiger partial charge in [-0.15, -0.1) is 0 Å². The van der Waals surface area contributed by atoms with E-state index in [4.69, 9.17) is 16.6 Å². The van der Waals surface area contributed by atoms with Gasteiger partial charge in [0.2, 0.25) is 0 Å². The van der Waals surface area contributed by atoms with E-state index in [0.717, 1.165) is 6.07 Å². The van der Waals surface area contributed by atoms with Gasteiger partial charge in [-0.3, -0.25) is 20.4 Å². The Morgan fingerprint density at radius 3 is 2.45 bits per heavy atom. The van der Waals surface area contributed by atoms with Gasteiger partial charge in [0, 0.05) is 17.7 Å². The zero-order chi connectivity index (χ0) is 22.3. The number of nitrogens with one attached hydrogen (secondary N) is 2. The highest BCUT2D eigenvalue weighted by Crippen LogP contribution is 2.35. The quantitative estimate of drug-likeness (QED) is 0.366. The van der Waals surface area contributed by atoms with E-state index in [0.29, 0.717) is 42.3 Å². The zero-order valence-corrected chi connectivity index (χ0v) is 16.4. The maximum absolute atomic E-state index is 13.2. The van der Waals surface area contributed by atoms with Crippen molar-refractivity contribution in [3.8, 4) is 11.1 Å². The summed E-state index contributed by atoms with van der Waals surface area (Å²) in [6.07, 6.45) is 0.0560. The maximum Gasteiger partial charge on any atom is 0.419 e. The first kappa shape index (κ1) is 21.0. The van der Waals surface area contributed by atoms with Crippen LogP contribution in [0.15, 0.2) is 36.7 Å². The number of alkyl halides is 3. The highest BCUT2D eigenvalue weighted by molar-refractivity contribution is 5.94.